The van der Waals surface area contributed by atoms with Crippen LogP contribution in [0.3, 0.4) is 0 Å². The van der Waals surface area contributed by atoms with Crippen molar-refractivity contribution in [1.29, 1.82) is 0 Å². The second kappa shape index (κ2) is 5.89. The lowest BCUT2D eigenvalue weighted by molar-refractivity contribution is -0.125. The number of carbonyl (C=O) groups is 1. The highest BCUT2D eigenvalue weighted by Crippen LogP contribution is 2.16. The number of aliphatic hydroxyl groups excluding tert-OH is 1. The fourth-order valence-electron chi connectivity index (χ4n) is 1.16. The summed E-state index contributed by atoms with van der Waals surface area (Å²) in [5.74, 6) is 0.249. The van der Waals surface area contributed by atoms with E-state index in [1.807, 2.05) is 0 Å². The first kappa shape index (κ1) is 13.8. The lowest BCUT2D eigenvalue weighted by atomic mass is 10.1. The van der Waals surface area contributed by atoms with Gasteiger partial charge in [0.05, 0.1) is 12.1 Å². The van der Waals surface area contributed by atoms with E-state index in [4.69, 9.17) is 21.4 Å². The maximum absolute atomic E-state index is 11.5. The lowest BCUT2D eigenvalue weighted by Crippen LogP contribution is -2.48. The minimum Gasteiger partial charge on any atom is -0.484 e. The average Bonchev–Trinajstić information content (AvgIpc) is 2.26. The predicted octanol–water partition coefficient (Wildman–Crippen LogP) is 1.61. The van der Waals surface area contributed by atoms with Gasteiger partial charge in [-0.1, -0.05) is 17.7 Å². The summed E-state index contributed by atoms with van der Waals surface area (Å²) in [4.78, 5) is 11.5. The van der Waals surface area contributed by atoms with Crippen LogP contribution in [-0.4, -0.2) is 29.8 Å². The molecule has 1 aromatic rings. The Kier molecular flexibility index (Phi) is 4.78. The first-order chi connectivity index (χ1) is 7.93. The second-order valence-corrected chi connectivity index (χ2v) is 4.77. The third-order valence-corrected chi connectivity index (χ3v) is 2.27. The van der Waals surface area contributed by atoms with Gasteiger partial charge in [-0.05, 0) is 32.0 Å². The zero-order chi connectivity index (χ0) is 12.9. The molecule has 1 aromatic carbocycles. The van der Waals surface area contributed by atoms with Gasteiger partial charge in [-0.25, -0.2) is 0 Å². The number of hydrogen-bond donors (Lipinski definition) is 2. The maximum Gasteiger partial charge on any atom is 0.258 e. The molecule has 1 amide bonds. The van der Waals surface area contributed by atoms with Crippen molar-refractivity contribution in [2.75, 3.05) is 13.2 Å². The van der Waals surface area contributed by atoms with Crippen molar-refractivity contribution < 1.29 is 14.6 Å². The van der Waals surface area contributed by atoms with Crippen molar-refractivity contribution in [3.63, 3.8) is 0 Å². The Morgan fingerprint density at radius 3 is 2.82 bits per heavy atom. The molecular weight excluding hydrogens is 242 g/mol. The molecular formula is C12H16ClNO3. The summed E-state index contributed by atoms with van der Waals surface area (Å²) in [6.07, 6.45) is 0. The Labute approximate surface area is 106 Å². The molecule has 0 aromatic heterocycles. The van der Waals surface area contributed by atoms with E-state index >= 15 is 0 Å². The molecule has 0 unspecified atom stereocenters. The fourth-order valence-corrected chi connectivity index (χ4v) is 1.34. The molecule has 0 atom stereocenters. The molecule has 1 rings (SSSR count). The van der Waals surface area contributed by atoms with Crippen molar-refractivity contribution in [3.8, 4) is 5.75 Å². The van der Waals surface area contributed by atoms with Crippen LogP contribution in [0.2, 0.25) is 5.02 Å². The molecule has 0 radical (unpaired) electrons. The van der Waals surface area contributed by atoms with Crippen LogP contribution < -0.4 is 10.1 Å². The smallest absolute Gasteiger partial charge is 0.258 e. The molecule has 17 heavy (non-hydrogen) atoms. The molecule has 0 saturated heterocycles. The zero-order valence-electron chi connectivity index (χ0n) is 9.87. The molecule has 0 aliphatic rings. The van der Waals surface area contributed by atoms with Gasteiger partial charge in [0, 0.05) is 5.02 Å². The minimum atomic E-state index is -0.644. The van der Waals surface area contributed by atoms with Gasteiger partial charge in [-0.2, -0.15) is 0 Å². The molecule has 94 valence electrons. The van der Waals surface area contributed by atoms with E-state index in [-0.39, 0.29) is 19.1 Å². The summed E-state index contributed by atoms with van der Waals surface area (Å²) in [5.41, 5.74) is -0.644. The van der Waals surface area contributed by atoms with Crippen molar-refractivity contribution in [3.05, 3.63) is 29.3 Å². The topological polar surface area (TPSA) is 58.6 Å². The monoisotopic (exact) mass is 257 g/mol. The molecule has 2 N–H and O–H groups in total. The number of hydrogen-bond acceptors (Lipinski definition) is 3. The Hall–Kier alpha value is -1.26. The van der Waals surface area contributed by atoms with E-state index in [0.717, 1.165) is 0 Å². The van der Waals surface area contributed by atoms with Crippen LogP contribution in [0.4, 0.5) is 0 Å². The number of carbonyl (C=O) groups excluding carboxylic acids is 1. The summed E-state index contributed by atoms with van der Waals surface area (Å²) in [5, 5.41) is 12.2. The van der Waals surface area contributed by atoms with Gasteiger partial charge in [0.25, 0.3) is 5.91 Å². The van der Waals surface area contributed by atoms with Crippen LogP contribution in [0.1, 0.15) is 13.8 Å². The summed E-state index contributed by atoms with van der Waals surface area (Å²) in [6, 6.07) is 6.82. The highest BCUT2D eigenvalue weighted by Gasteiger charge is 2.19. The first-order valence-electron chi connectivity index (χ1n) is 5.23. The van der Waals surface area contributed by atoms with E-state index in [9.17, 15) is 4.79 Å². The van der Waals surface area contributed by atoms with Gasteiger partial charge in [0.2, 0.25) is 0 Å². The van der Waals surface area contributed by atoms with Gasteiger partial charge in [0.1, 0.15) is 5.75 Å². The number of rotatable bonds is 5. The third kappa shape index (κ3) is 5.06. The highest BCUT2D eigenvalue weighted by atomic mass is 35.5. The molecule has 0 aliphatic heterocycles. The Morgan fingerprint density at radius 2 is 2.24 bits per heavy atom. The van der Waals surface area contributed by atoms with Crippen LogP contribution in [0.25, 0.3) is 0 Å². The van der Waals surface area contributed by atoms with Gasteiger partial charge >= 0.3 is 0 Å². The van der Waals surface area contributed by atoms with E-state index in [0.29, 0.717) is 10.8 Å². The normalized spacial score (nSPS) is 11.1. The third-order valence-electron chi connectivity index (χ3n) is 2.04. The summed E-state index contributed by atoms with van der Waals surface area (Å²) in [6.45, 7) is 3.22. The maximum atomic E-state index is 11.5. The van der Waals surface area contributed by atoms with E-state index < -0.39 is 5.54 Å². The Morgan fingerprint density at radius 1 is 1.53 bits per heavy atom. The molecule has 0 aliphatic carbocycles. The van der Waals surface area contributed by atoms with Crippen LogP contribution in [0, 0.1) is 0 Å². The highest BCUT2D eigenvalue weighted by molar-refractivity contribution is 6.30. The quantitative estimate of drug-likeness (QED) is 0.843. The predicted molar refractivity (Wildman–Crippen MR) is 66.3 cm³/mol. The van der Waals surface area contributed by atoms with Gasteiger partial charge in [0.15, 0.2) is 6.61 Å². The summed E-state index contributed by atoms with van der Waals surface area (Å²) < 4.78 is 5.26. The summed E-state index contributed by atoms with van der Waals surface area (Å²) in [7, 11) is 0. The van der Waals surface area contributed by atoms with E-state index in [1.165, 1.54) is 0 Å². The molecule has 0 bridgehead atoms. The number of benzene rings is 1. The number of aliphatic hydroxyl groups is 1. The molecule has 0 fully saturated rings. The number of ether oxygens (including phenoxy) is 1. The van der Waals surface area contributed by atoms with Crippen LogP contribution in [-0.2, 0) is 4.79 Å². The summed E-state index contributed by atoms with van der Waals surface area (Å²) >= 11 is 5.78. The SMILES string of the molecule is CC(C)(CO)NC(=O)COc1cccc(Cl)c1. The number of halogens is 1. The molecule has 4 nitrogen and oxygen atoms in total. The Bertz CT molecular complexity index is 393. The molecule has 0 saturated carbocycles. The first-order valence-corrected chi connectivity index (χ1v) is 5.61. The van der Waals surface area contributed by atoms with Crippen molar-refractivity contribution in [1.82, 2.24) is 5.32 Å². The van der Waals surface area contributed by atoms with Gasteiger partial charge < -0.3 is 15.2 Å². The van der Waals surface area contributed by atoms with Crippen molar-refractivity contribution >= 4 is 17.5 Å². The zero-order valence-corrected chi connectivity index (χ0v) is 10.6. The van der Waals surface area contributed by atoms with Crippen LogP contribution >= 0.6 is 11.6 Å². The molecule has 0 spiro atoms. The largest absolute Gasteiger partial charge is 0.484 e. The van der Waals surface area contributed by atoms with Crippen molar-refractivity contribution in [2.45, 2.75) is 19.4 Å². The fraction of sp³-hybridized carbons (Fsp3) is 0.417. The number of amides is 1. The van der Waals surface area contributed by atoms with E-state index in [1.54, 1.807) is 38.1 Å². The Balaban J connectivity index is 2.44. The van der Waals surface area contributed by atoms with Gasteiger partial charge in [-0.3, -0.25) is 4.79 Å². The molecule has 5 heteroatoms. The van der Waals surface area contributed by atoms with Crippen molar-refractivity contribution in [2.24, 2.45) is 0 Å². The average molecular weight is 258 g/mol. The van der Waals surface area contributed by atoms with E-state index in [2.05, 4.69) is 5.32 Å². The molecule has 0 heterocycles. The van der Waals surface area contributed by atoms with Crippen LogP contribution in [0.5, 0.6) is 5.75 Å². The lowest BCUT2D eigenvalue weighted by Gasteiger charge is -2.23. The van der Waals surface area contributed by atoms with Crippen LogP contribution in [0.15, 0.2) is 24.3 Å². The second-order valence-electron chi connectivity index (χ2n) is 4.34. The minimum absolute atomic E-state index is 0.107. The number of nitrogens with one attached hydrogen (secondary N) is 1. The standard InChI is InChI=1S/C12H16ClNO3/c1-12(2,8-15)14-11(16)7-17-10-5-3-4-9(13)6-10/h3-6,15H,7-8H2,1-2H3,(H,14,16). The van der Waals surface area contributed by atoms with Gasteiger partial charge in [-0.15, -0.1) is 0 Å².